The number of thioether (sulfide) groups is 1. The molecule has 2 N–H and O–H groups in total. The maximum absolute atomic E-state index is 13.2. The number of nitrogens with one attached hydrogen (secondary N) is 2. The van der Waals surface area contributed by atoms with Crippen LogP contribution >= 0.6 is 11.8 Å². The highest BCUT2D eigenvalue weighted by molar-refractivity contribution is 7.99. The molecular weight excluding hydrogens is 396 g/mol. The molecule has 2 heterocycles. The first kappa shape index (κ1) is 20.7. The van der Waals surface area contributed by atoms with Crippen LogP contribution in [-0.2, 0) is 4.79 Å². The average Bonchev–Trinajstić information content (AvgIpc) is 2.72. The molecule has 0 saturated heterocycles. The minimum Gasteiger partial charge on any atom is -0.378 e. The lowest BCUT2D eigenvalue weighted by Gasteiger charge is -2.33. The Kier molecular flexibility index (Phi) is 5.73. The molecule has 6 nitrogen and oxygen atoms in total. The smallest absolute Gasteiger partial charge is 0.257 e. The third-order valence-electron chi connectivity index (χ3n) is 5.87. The summed E-state index contributed by atoms with van der Waals surface area (Å²) in [4.78, 5) is 35.8. The molecule has 0 spiro atoms. The number of hydrogen-bond acceptors (Lipinski definition) is 6. The Balaban J connectivity index is 1.85. The second-order valence-corrected chi connectivity index (χ2v) is 9.61. The second-order valence-electron chi connectivity index (χ2n) is 8.18. The fraction of sp³-hybridized carbons (Fsp3) is 0.435. The van der Waals surface area contributed by atoms with E-state index in [-0.39, 0.29) is 17.3 Å². The van der Waals surface area contributed by atoms with E-state index in [1.807, 2.05) is 43.3 Å². The minimum absolute atomic E-state index is 0.119. The van der Waals surface area contributed by atoms with Gasteiger partial charge in [0.25, 0.3) is 5.56 Å². The topological polar surface area (TPSA) is 78.1 Å². The van der Waals surface area contributed by atoms with Crippen LogP contribution in [0.15, 0.2) is 45.5 Å². The number of ketones is 1. The van der Waals surface area contributed by atoms with Gasteiger partial charge in [0.1, 0.15) is 5.82 Å². The van der Waals surface area contributed by atoms with Crippen molar-refractivity contribution in [3.05, 3.63) is 57.0 Å². The molecule has 4 rings (SSSR count). The number of anilines is 2. The molecule has 0 amide bonds. The molecule has 2 atom stereocenters. The number of allylic oxidation sites excluding steroid dienone is 2. The Hall–Kier alpha value is -2.54. The van der Waals surface area contributed by atoms with Gasteiger partial charge in [0.15, 0.2) is 10.9 Å². The van der Waals surface area contributed by atoms with Crippen molar-refractivity contribution in [1.82, 2.24) is 9.97 Å². The lowest BCUT2D eigenvalue weighted by molar-refractivity contribution is -0.116. The van der Waals surface area contributed by atoms with Gasteiger partial charge in [-0.3, -0.25) is 9.59 Å². The fourth-order valence-corrected chi connectivity index (χ4v) is 4.91. The summed E-state index contributed by atoms with van der Waals surface area (Å²) in [7, 11) is 3.98. The number of aromatic amines is 1. The van der Waals surface area contributed by atoms with Crippen LogP contribution in [-0.4, -0.2) is 35.1 Å². The fourth-order valence-electron chi connectivity index (χ4n) is 4.07. The summed E-state index contributed by atoms with van der Waals surface area (Å²) in [5, 5.41) is 4.31. The normalized spacial score (nSPS) is 19.1. The summed E-state index contributed by atoms with van der Waals surface area (Å²) in [6.07, 6.45) is 3.14. The maximum atomic E-state index is 13.2. The summed E-state index contributed by atoms with van der Waals surface area (Å²) < 4.78 is 0. The highest BCUT2D eigenvalue weighted by Crippen LogP contribution is 2.43. The van der Waals surface area contributed by atoms with Crippen LogP contribution in [0.4, 0.5) is 11.5 Å². The number of H-pyrrole nitrogens is 1. The van der Waals surface area contributed by atoms with E-state index in [0.717, 1.165) is 41.8 Å². The average molecular weight is 425 g/mol. The molecule has 30 heavy (non-hydrogen) atoms. The minimum atomic E-state index is -0.390. The Morgan fingerprint density at radius 1 is 1.20 bits per heavy atom. The lowest BCUT2D eigenvalue weighted by Crippen LogP contribution is -2.32. The van der Waals surface area contributed by atoms with E-state index in [0.29, 0.717) is 28.2 Å². The van der Waals surface area contributed by atoms with E-state index in [1.165, 1.54) is 0 Å². The molecule has 1 aromatic heterocycles. The number of benzene rings is 1. The summed E-state index contributed by atoms with van der Waals surface area (Å²) in [6, 6.07) is 8.09. The molecule has 0 bridgehead atoms. The Bertz CT molecular complexity index is 1060. The summed E-state index contributed by atoms with van der Waals surface area (Å²) in [6.45, 7) is 4.23. The van der Waals surface area contributed by atoms with Crippen molar-refractivity contribution in [3.8, 4) is 0 Å². The predicted octanol–water partition coefficient (Wildman–Crippen LogP) is 4.29. The zero-order chi connectivity index (χ0) is 21.4. The number of hydrogen-bond donors (Lipinski definition) is 2. The van der Waals surface area contributed by atoms with Crippen LogP contribution in [0.1, 0.15) is 56.6 Å². The zero-order valence-electron chi connectivity index (χ0n) is 17.9. The third kappa shape index (κ3) is 3.78. The number of fused-ring (bicyclic) bond motifs is 1. The number of carbonyl (C=O) groups is 1. The van der Waals surface area contributed by atoms with Gasteiger partial charge >= 0.3 is 0 Å². The highest BCUT2D eigenvalue weighted by Gasteiger charge is 2.37. The molecule has 7 heteroatoms. The molecule has 0 saturated carbocycles. The lowest BCUT2D eigenvalue weighted by atomic mass is 9.76. The van der Waals surface area contributed by atoms with Gasteiger partial charge in [-0.05, 0) is 37.0 Å². The molecule has 2 aliphatic rings. The molecular formula is C23H28N4O2S. The van der Waals surface area contributed by atoms with Crippen molar-refractivity contribution in [2.75, 3.05) is 24.3 Å². The van der Waals surface area contributed by atoms with Gasteiger partial charge in [-0.15, -0.1) is 0 Å². The quantitative estimate of drug-likeness (QED) is 0.551. The standard InChI is InChI=1S/C23H28N4O2S/c1-5-13(2)30-23-25-21-20(22(29)26-23)18(14-9-11-15(12-10-14)27(3)4)19-16(24-21)7-6-8-17(19)28/h9-13,18H,5-8H2,1-4H3,(H2,24,25,26,29)/t13-,18-/m1/s1. The first-order valence-corrected chi connectivity index (χ1v) is 11.4. The van der Waals surface area contributed by atoms with Crippen LogP contribution in [0.2, 0.25) is 0 Å². The zero-order valence-corrected chi connectivity index (χ0v) is 18.7. The van der Waals surface area contributed by atoms with Crippen molar-refractivity contribution in [2.24, 2.45) is 0 Å². The van der Waals surface area contributed by atoms with E-state index in [2.05, 4.69) is 24.1 Å². The van der Waals surface area contributed by atoms with Crippen molar-refractivity contribution in [1.29, 1.82) is 0 Å². The van der Waals surface area contributed by atoms with E-state index in [1.54, 1.807) is 11.8 Å². The Labute approximate surface area is 181 Å². The van der Waals surface area contributed by atoms with E-state index in [4.69, 9.17) is 4.98 Å². The second kappa shape index (κ2) is 8.30. The molecule has 158 valence electrons. The number of rotatable bonds is 5. The van der Waals surface area contributed by atoms with Crippen LogP contribution in [0.25, 0.3) is 0 Å². The van der Waals surface area contributed by atoms with Crippen molar-refractivity contribution < 1.29 is 4.79 Å². The first-order chi connectivity index (χ1) is 14.4. The van der Waals surface area contributed by atoms with Crippen molar-refractivity contribution in [3.63, 3.8) is 0 Å². The third-order valence-corrected chi connectivity index (χ3v) is 7.02. The number of aromatic nitrogens is 2. The van der Waals surface area contributed by atoms with E-state index >= 15 is 0 Å². The molecule has 1 aromatic carbocycles. The molecule has 0 fully saturated rings. The number of Topliss-reactive ketones (excluding diaryl/α,β-unsaturated/α-hetero) is 1. The Morgan fingerprint density at radius 3 is 2.60 bits per heavy atom. The summed E-state index contributed by atoms with van der Waals surface area (Å²) in [5.41, 5.74) is 4.02. The highest BCUT2D eigenvalue weighted by atomic mass is 32.2. The Morgan fingerprint density at radius 2 is 1.93 bits per heavy atom. The molecule has 2 aromatic rings. The largest absolute Gasteiger partial charge is 0.378 e. The predicted molar refractivity (Wildman–Crippen MR) is 123 cm³/mol. The monoisotopic (exact) mass is 424 g/mol. The van der Waals surface area contributed by atoms with Crippen LogP contribution in [0, 0.1) is 0 Å². The summed E-state index contributed by atoms with van der Waals surface area (Å²) in [5.74, 6) is 0.312. The van der Waals surface area contributed by atoms with Gasteiger partial charge in [-0.1, -0.05) is 37.7 Å². The molecule has 1 aliphatic heterocycles. The maximum Gasteiger partial charge on any atom is 0.257 e. The number of nitrogens with zero attached hydrogens (tertiary/aromatic N) is 2. The van der Waals surface area contributed by atoms with E-state index < -0.39 is 0 Å². The first-order valence-electron chi connectivity index (χ1n) is 10.5. The van der Waals surface area contributed by atoms with Gasteiger partial charge in [-0.2, -0.15) is 0 Å². The van der Waals surface area contributed by atoms with Gasteiger partial charge < -0.3 is 15.2 Å². The van der Waals surface area contributed by atoms with Gasteiger partial charge in [0.05, 0.1) is 5.56 Å². The van der Waals surface area contributed by atoms with Gasteiger partial charge in [0.2, 0.25) is 0 Å². The van der Waals surface area contributed by atoms with Crippen LogP contribution < -0.4 is 15.8 Å². The van der Waals surface area contributed by atoms with Gasteiger partial charge in [0, 0.05) is 48.6 Å². The molecule has 0 radical (unpaired) electrons. The molecule has 0 unspecified atom stereocenters. The summed E-state index contributed by atoms with van der Waals surface area (Å²) >= 11 is 1.57. The van der Waals surface area contributed by atoms with Gasteiger partial charge in [-0.25, -0.2) is 4.98 Å². The molecule has 1 aliphatic carbocycles. The van der Waals surface area contributed by atoms with Crippen molar-refractivity contribution in [2.45, 2.75) is 55.9 Å². The van der Waals surface area contributed by atoms with E-state index in [9.17, 15) is 9.59 Å². The SMILES string of the molecule is CC[C@@H](C)Sc1nc2c(c(=O)[nH]1)[C@H](c1ccc(N(C)C)cc1)C1=C(CCCC1=O)N2. The van der Waals surface area contributed by atoms with Crippen molar-refractivity contribution >= 4 is 29.1 Å². The van der Waals surface area contributed by atoms with Crippen LogP contribution in [0.3, 0.4) is 0 Å². The van der Waals surface area contributed by atoms with Crippen LogP contribution in [0.5, 0.6) is 0 Å². The number of carbonyl (C=O) groups excluding carboxylic acids is 1.